The molecule has 1 aromatic carbocycles. The van der Waals surface area contributed by atoms with Crippen molar-refractivity contribution in [3.8, 4) is 0 Å². The number of hydrogen-bond donors (Lipinski definition) is 1. The second kappa shape index (κ2) is 4.93. The Kier molecular flexibility index (Phi) is 3.29. The van der Waals surface area contributed by atoms with Crippen molar-refractivity contribution < 1.29 is 0 Å². The second-order valence-electron chi connectivity index (χ2n) is 6.10. The first kappa shape index (κ1) is 12.0. The number of fused-ring (bicyclic) bond motifs is 1. The standard InChI is InChI=1S/C16H24N2/c1-12(9-13-3-4-13)17-11-14-5-6-16-15(10-14)7-8-18(16)2/h5-6,10,12-13,17H,3-4,7-9,11H2,1-2H3. The van der Waals surface area contributed by atoms with Gasteiger partial charge >= 0.3 is 0 Å². The van der Waals surface area contributed by atoms with E-state index in [1.165, 1.54) is 49.0 Å². The van der Waals surface area contributed by atoms with Crippen molar-refractivity contribution in [1.82, 2.24) is 5.32 Å². The highest BCUT2D eigenvalue weighted by Crippen LogP contribution is 2.33. The molecular formula is C16H24N2. The Hall–Kier alpha value is -1.02. The van der Waals surface area contributed by atoms with Gasteiger partial charge in [-0.2, -0.15) is 0 Å². The molecule has 1 N–H and O–H groups in total. The third-order valence-corrected chi connectivity index (χ3v) is 4.31. The summed E-state index contributed by atoms with van der Waals surface area (Å²) in [4.78, 5) is 2.35. The average molecular weight is 244 g/mol. The highest BCUT2D eigenvalue weighted by molar-refractivity contribution is 5.58. The summed E-state index contributed by atoms with van der Waals surface area (Å²) >= 11 is 0. The maximum absolute atomic E-state index is 3.66. The van der Waals surface area contributed by atoms with Gasteiger partial charge in [0, 0.05) is 31.9 Å². The van der Waals surface area contributed by atoms with Gasteiger partial charge in [-0.25, -0.2) is 0 Å². The fourth-order valence-corrected chi connectivity index (χ4v) is 2.96. The van der Waals surface area contributed by atoms with Gasteiger partial charge in [-0.3, -0.25) is 0 Å². The van der Waals surface area contributed by atoms with Crippen LogP contribution in [0.3, 0.4) is 0 Å². The monoisotopic (exact) mass is 244 g/mol. The zero-order chi connectivity index (χ0) is 12.5. The molecule has 1 aliphatic carbocycles. The lowest BCUT2D eigenvalue weighted by atomic mass is 10.1. The van der Waals surface area contributed by atoms with Crippen LogP contribution in [0.5, 0.6) is 0 Å². The average Bonchev–Trinajstić information content (AvgIpc) is 3.10. The van der Waals surface area contributed by atoms with Crippen molar-refractivity contribution in [2.45, 2.75) is 45.2 Å². The summed E-state index contributed by atoms with van der Waals surface area (Å²) in [6.45, 7) is 4.51. The molecule has 98 valence electrons. The van der Waals surface area contributed by atoms with Gasteiger partial charge in [0.05, 0.1) is 0 Å². The Labute approximate surface area is 110 Å². The molecule has 2 nitrogen and oxygen atoms in total. The summed E-state index contributed by atoms with van der Waals surface area (Å²) in [5, 5.41) is 3.66. The number of nitrogens with zero attached hydrogens (tertiary/aromatic N) is 1. The molecule has 1 unspecified atom stereocenters. The van der Waals surface area contributed by atoms with Crippen molar-refractivity contribution in [2.24, 2.45) is 5.92 Å². The first-order valence-electron chi connectivity index (χ1n) is 7.28. The minimum Gasteiger partial charge on any atom is -0.374 e. The molecule has 1 atom stereocenters. The van der Waals surface area contributed by atoms with Gasteiger partial charge in [0.15, 0.2) is 0 Å². The van der Waals surface area contributed by atoms with E-state index < -0.39 is 0 Å². The summed E-state index contributed by atoms with van der Waals surface area (Å²) in [5.41, 5.74) is 4.38. The van der Waals surface area contributed by atoms with E-state index in [0.717, 1.165) is 12.5 Å². The Bertz CT molecular complexity index is 423. The van der Waals surface area contributed by atoms with Gasteiger partial charge in [-0.15, -0.1) is 0 Å². The second-order valence-corrected chi connectivity index (χ2v) is 6.10. The first-order valence-corrected chi connectivity index (χ1v) is 7.28. The Balaban J connectivity index is 1.56. The first-order chi connectivity index (χ1) is 8.72. The van der Waals surface area contributed by atoms with Gasteiger partial charge in [0.25, 0.3) is 0 Å². The summed E-state index contributed by atoms with van der Waals surface area (Å²) < 4.78 is 0. The van der Waals surface area contributed by atoms with Crippen LogP contribution in [0.25, 0.3) is 0 Å². The van der Waals surface area contributed by atoms with E-state index in [0.29, 0.717) is 6.04 Å². The lowest BCUT2D eigenvalue weighted by Crippen LogP contribution is -2.25. The fraction of sp³-hybridized carbons (Fsp3) is 0.625. The lowest BCUT2D eigenvalue weighted by Gasteiger charge is -2.15. The lowest BCUT2D eigenvalue weighted by molar-refractivity contribution is 0.487. The third-order valence-electron chi connectivity index (χ3n) is 4.31. The van der Waals surface area contributed by atoms with Crippen LogP contribution in [0.4, 0.5) is 5.69 Å². The Morgan fingerprint density at radius 2 is 2.22 bits per heavy atom. The fourth-order valence-electron chi connectivity index (χ4n) is 2.96. The van der Waals surface area contributed by atoms with Crippen LogP contribution < -0.4 is 10.2 Å². The van der Waals surface area contributed by atoms with E-state index in [-0.39, 0.29) is 0 Å². The van der Waals surface area contributed by atoms with E-state index in [1.54, 1.807) is 0 Å². The highest BCUT2D eigenvalue weighted by Gasteiger charge is 2.23. The molecule has 0 amide bonds. The van der Waals surface area contributed by atoms with Crippen molar-refractivity contribution in [3.63, 3.8) is 0 Å². The van der Waals surface area contributed by atoms with E-state index in [2.05, 4.69) is 42.4 Å². The summed E-state index contributed by atoms with van der Waals surface area (Å²) in [6, 6.07) is 7.60. The minimum absolute atomic E-state index is 0.661. The topological polar surface area (TPSA) is 15.3 Å². The van der Waals surface area contributed by atoms with Crippen LogP contribution in [0.2, 0.25) is 0 Å². The zero-order valence-electron chi connectivity index (χ0n) is 11.6. The van der Waals surface area contributed by atoms with E-state index in [1.807, 2.05) is 0 Å². The zero-order valence-corrected chi connectivity index (χ0v) is 11.6. The number of anilines is 1. The van der Waals surface area contributed by atoms with Gasteiger partial charge in [0.2, 0.25) is 0 Å². The van der Waals surface area contributed by atoms with Crippen LogP contribution in [-0.2, 0) is 13.0 Å². The molecule has 2 heteroatoms. The Morgan fingerprint density at radius 1 is 1.39 bits per heavy atom. The van der Waals surface area contributed by atoms with Gasteiger partial charge in [-0.1, -0.05) is 25.0 Å². The van der Waals surface area contributed by atoms with Crippen LogP contribution in [0.1, 0.15) is 37.3 Å². The molecule has 1 aliphatic heterocycles. The molecule has 0 saturated heterocycles. The van der Waals surface area contributed by atoms with Gasteiger partial charge < -0.3 is 10.2 Å². The molecule has 2 aliphatic rings. The van der Waals surface area contributed by atoms with E-state index in [4.69, 9.17) is 0 Å². The summed E-state index contributed by atoms with van der Waals surface area (Å²) in [5.74, 6) is 1.01. The maximum atomic E-state index is 3.66. The number of nitrogens with one attached hydrogen (secondary N) is 1. The number of rotatable bonds is 5. The molecule has 18 heavy (non-hydrogen) atoms. The van der Waals surface area contributed by atoms with Crippen molar-refractivity contribution in [1.29, 1.82) is 0 Å². The SMILES string of the molecule is CC(CC1CC1)NCc1ccc2c(c1)CCN2C. The van der Waals surface area contributed by atoms with Gasteiger partial charge in [0.1, 0.15) is 0 Å². The molecule has 1 aromatic rings. The number of benzene rings is 1. The quantitative estimate of drug-likeness (QED) is 0.856. The summed E-state index contributed by atoms with van der Waals surface area (Å²) in [6.07, 6.45) is 5.47. The molecule has 1 saturated carbocycles. The smallest absolute Gasteiger partial charge is 0.0397 e. The predicted octanol–water partition coefficient (Wildman–Crippen LogP) is 2.96. The number of likely N-dealkylation sites (N-methyl/N-ethyl adjacent to an activating group) is 1. The number of hydrogen-bond acceptors (Lipinski definition) is 2. The normalized spacial score (nSPS) is 20.0. The van der Waals surface area contributed by atoms with Crippen LogP contribution in [0.15, 0.2) is 18.2 Å². The van der Waals surface area contributed by atoms with Crippen molar-refractivity contribution in [3.05, 3.63) is 29.3 Å². The van der Waals surface area contributed by atoms with Crippen molar-refractivity contribution in [2.75, 3.05) is 18.5 Å². The highest BCUT2D eigenvalue weighted by atomic mass is 15.1. The van der Waals surface area contributed by atoms with Crippen LogP contribution in [-0.4, -0.2) is 19.6 Å². The van der Waals surface area contributed by atoms with Crippen molar-refractivity contribution >= 4 is 5.69 Å². The maximum Gasteiger partial charge on any atom is 0.0397 e. The molecule has 0 spiro atoms. The Morgan fingerprint density at radius 3 is 3.00 bits per heavy atom. The van der Waals surface area contributed by atoms with E-state index >= 15 is 0 Å². The molecular weight excluding hydrogens is 220 g/mol. The molecule has 1 heterocycles. The molecule has 3 rings (SSSR count). The predicted molar refractivity (Wildman–Crippen MR) is 77.1 cm³/mol. The van der Waals surface area contributed by atoms with Crippen LogP contribution in [0, 0.1) is 5.92 Å². The third kappa shape index (κ3) is 2.69. The molecule has 0 bridgehead atoms. The van der Waals surface area contributed by atoms with Gasteiger partial charge in [-0.05, 0) is 42.9 Å². The largest absolute Gasteiger partial charge is 0.374 e. The molecule has 1 fully saturated rings. The molecule has 0 aromatic heterocycles. The molecule has 0 radical (unpaired) electrons. The minimum atomic E-state index is 0.661. The summed E-state index contributed by atoms with van der Waals surface area (Å²) in [7, 11) is 2.18. The van der Waals surface area contributed by atoms with Crippen LogP contribution >= 0.6 is 0 Å². The van der Waals surface area contributed by atoms with E-state index in [9.17, 15) is 0 Å².